The van der Waals surface area contributed by atoms with Crippen molar-refractivity contribution in [1.29, 1.82) is 0 Å². The molecule has 0 saturated carbocycles. The first-order chi connectivity index (χ1) is 24.7. The van der Waals surface area contributed by atoms with Gasteiger partial charge in [0.2, 0.25) is 17.6 Å². The lowest BCUT2D eigenvalue weighted by Gasteiger charge is -2.35. The highest BCUT2D eigenvalue weighted by atomic mass is 19.1. The summed E-state index contributed by atoms with van der Waals surface area (Å²) >= 11 is 0. The van der Waals surface area contributed by atoms with E-state index in [1.165, 1.54) is 24.1 Å². The number of piperidine rings is 1. The first kappa shape index (κ1) is 35.4. The zero-order valence-corrected chi connectivity index (χ0v) is 29.5. The van der Waals surface area contributed by atoms with E-state index in [2.05, 4.69) is 15.3 Å². The number of nitrogens with one attached hydrogen (secondary N) is 1. The van der Waals surface area contributed by atoms with Crippen LogP contribution in [0.2, 0.25) is 0 Å². The normalized spacial score (nSPS) is 17.2. The van der Waals surface area contributed by atoms with Crippen molar-refractivity contribution >= 4 is 34.4 Å². The molecule has 1 saturated heterocycles. The van der Waals surface area contributed by atoms with Gasteiger partial charge in [-0.2, -0.15) is 5.10 Å². The van der Waals surface area contributed by atoms with E-state index in [1.807, 2.05) is 6.07 Å². The molecule has 2 aromatic carbocycles. The summed E-state index contributed by atoms with van der Waals surface area (Å²) in [5.41, 5.74) is 2.01. The maximum Gasteiger partial charge on any atom is 0.257 e. The molecule has 2 aliphatic rings. The molecule has 13 nitrogen and oxygen atoms in total. The fourth-order valence-electron chi connectivity index (χ4n) is 6.90. The molecule has 270 valence electrons. The number of pyridine rings is 1. The first-order valence-corrected chi connectivity index (χ1v) is 17.1. The number of nitrogens with zero attached hydrogens (tertiary/aromatic N) is 6. The number of methoxy groups -OCH3 is 3. The van der Waals surface area contributed by atoms with E-state index < -0.39 is 5.82 Å². The summed E-state index contributed by atoms with van der Waals surface area (Å²) in [5, 5.41) is 7.90. The molecule has 0 aliphatic carbocycles. The van der Waals surface area contributed by atoms with Crippen molar-refractivity contribution in [2.45, 2.75) is 32.2 Å². The Morgan fingerprint density at radius 1 is 1.00 bits per heavy atom. The zero-order chi connectivity index (χ0) is 36.1. The number of aromatic nitrogens is 3. The number of anilines is 1. The largest absolute Gasteiger partial charge is 0.493 e. The van der Waals surface area contributed by atoms with Gasteiger partial charge in [-0.15, -0.1) is 0 Å². The van der Waals surface area contributed by atoms with E-state index in [-0.39, 0.29) is 68.2 Å². The third-order valence-corrected chi connectivity index (χ3v) is 9.59. The summed E-state index contributed by atoms with van der Waals surface area (Å²) in [6, 6.07) is 9.98. The van der Waals surface area contributed by atoms with Crippen LogP contribution in [-0.2, 0) is 29.6 Å². The number of rotatable bonds is 6. The second kappa shape index (κ2) is 15.7. The summed E-state index contributed by atoms with van der Waals surface area (Å²) in [4.78, 5) is 51.6. The Kier molecular flexibility index (Phi) is 10.9. The van der Waals surface area contributed by atoms with Crippen LogP contribution < -0.4 is 24.4 Å². The van der Waals surface area contributed by atoms with Gasteiger partial charge in [0.1, 0.15) is 11.6 Å². The molecule has 51 heavy (non-hydrogen) atoms. The highest BCUT2D eigenvalue weighted by Crippen LogP contribution is 2.44. The predicted molar refractivity (Wildman–Crippen MR) is 189 cm³/mol. The van der Waals surface area contributed by atoms with Crippen LogP contribution in [0, 0.1) is 11.7 Å². The second-order valence-corrected chi connectivity index (χ2v) is 13.0. The van der Waals surface area contributed by atoms with Crippen LogP contribution >= 0.6 is 0 Å². The monoisotopic (exact) mass is 701 g/mol. The Hall–Kier alpha value is -5.40. The number of amides is 3. The van der Waals surface area contributed by atoms with Crippen molar-refractivity contribution in [3.63, 3.8) is 0 Å². The van der Waals surface area contributed by atoms with Gasteiger partial charge in [-0.25, -0.2) is 9.37 Å². The molecule has 1 atom stereocenters. The topological polar surface area (TPSA) is 131 Å². The number of halogens is 1. The number of ether oxygens (including phenoxy) is 3. The van der Waals surface area contributed by atoms with Gasteiger partial charge < -0.3 is 34.2 Å². The minimum absolute atomic E-state index is 0.0994. The summed E-state index contributed by atoms with van der Waals surface area (Å²) in [6.45, 7) is 2.37. The van der Waals surface area contributed by atoms with E-state index in [4.69, 9.17) is 19.2 Å². The van der Waals surface area contributed by atoms with Crippen LogP contribution in [0.1, 0.15) is 40.7 Å². The average molecular weight is 702 g/mol. The molecule has 4 heterocycles. The Morgan fingerprint density at radius 2 is 1.78 bits per heavy atom. The van der Waals surface area contributed by atoms with Gasteiger partial charge >= 0.3 is 0 Å². The Morgan fingerprint density at radius 3 is 2.51 bits per heavy atom. The average Bonchev–Trinajstić information content (AvgIpc) is 3.58. The number of hydrogen-bond acceptors (Lipinski definition) is 9. The number of fused-ring (bicyclic) bond motifs is 5. The highest BCUT2D eigenvalue weighted by Gasteiger charge is 2.29. The van der Waals surface area contributed by atoms with E-state index in [9.17, 15) is 18.8 Å². The van der Waals surface area contributed by atoms with Crippen molar-refractivity contribution in [2.24, 2.45) is 13.0 Å². The third kappa shape index (κ3) is 7.84. The van der Waals surface area contributed by atoms with Gasteiger partial charge in [0, 0.05) is 82.5 Å². The number of aryl methyl sites for hydroxylation is 1. The maximum absolute atomic E-state index is 14.8. The summed E-state index contributed by atoms with van der Waals surface area (Å²) in [6.07, 6.45) is 4.84. The predicted octanol–water partition coefficient (Wildman–Crippen LogP) is 3.58. The third-order valence-electron chi connectivity index (χ3n) is 9.59. The summed E-state index contributed by atoms with van der Waals surface area (Å²) in [5.74, 6) is 0.913. The fraction of sp³-hybridized carbons (Fsp3) is 0.432. The fourth-order valence-corrected chi connectivity index (χ4v) is 6.90. The summed E-state index contributed by atoms with van der Waals surface area (Å²) in [7, 11) is 6.36. The van der Waals surface area contributed by atoms with Crippen LogP contribution in [0.5, 0.6) is 17.2 Å². The van der Waals surface area contributed by atoms with Crippen LogP contribution in [-0.4, -0.2) is 103 Å². The molecule has 0 radical (unpaired) electrons. The van der Waals surface area contributed by atoms with Crippen LogP contribution in [0.3, 0.4) is 0 Å². The van der Waals surface area contributed by atoms with Gasteiger partial charge in [0.05, 0.1) is 45.0 Å². The molecule has 1 N–H and O–H groups in total. The number of carbonyl (C=O) groups is 3. The molecular weight excluding hydrogens is 657 g/mol. The molecule has 2 aliphatic heterocycles. The van der Waals surface area contributed by atoms with Crippen molar-refractivity contribution < 1.29 is 33.0 Å². The van der Waals surface area contributed by atoms with E-state index in [0.717, 1.165) is 24.9 Å². The van der Waals surface area contributed by atoms with Crippen LogP contribution in [0.25, 0.3) is 10.9 Å². The molecule has 0 spiro atoms. The zero-order valence-electron chi connectivity index (χ0n) is 29.5. The van der Waals surface area contributed by atoms with Gasteiger partial charge in [-0.3, -0.25) is 19.1 Å². The Bertz CT molecular complexity index is 1920. The standard InChI is InChI=1S/C37H44FN7O6/c1-42-22-27(20-40-42)37(48)43-13-11-32(46)39-19-24-8-7-12-45(21-24)36-26(16-28-30(41-36)18-31(49-2)35(51-4)34(28)50-3)23-44(15-14-43)33(47)17-25-9-5-6-10-29(25)38/h5-6,9-10,16,18,20,22,24H,7-8,11-15,17,19,21,23H2,1-4H3,(H,39,46). The van der Waals surface area contributed by atoms with Crippen LogP contribution in [0.4, 0.5) is 10.2 Å². The lowest BCUT2D eigenvalue weighted by molar-refractivity contribution is -0.131. The maximum atomic E-state index is 14.8. The lowest BCUT2D eigenvalue weighted by Crippen LogP contribution is -2.43. The first-order valence-electron chi connectivity index (χ1n) is 17.1. The van der Waals surface area contributed by atoms with E-state index >= 15 is 0 Å². The van der Waals surface area contributed by atoms with Crippen molar-refractivity contribution in [3.8, 4) is 17.2 Å². The van der Waals surface area contributed by atoms with E-state index in [0.29, 0.717) is 52.6 Å². The van der Waals surface area contributed by atoms with Crippen molar-refractivity contribution in [2.75, 3.05) is 65.5 Å². The SMILES string of the molecule is COc1cc2nc3c(cc2c(OC)c1OC)CN(C(=O)Cc1ccccc1F)CCN(C(=O)c1cnn(C)c1)CCC(=O)NCC1CCCN3C1. The van der Waals surface area contributed by atoms with Gasteiger partial charge in [-0.05, 0) is 36.5 Å². The minimum atomic E-state index is -0.471. The molecule has 1 unspecified atom stereocenters. The van der Waals surface area contributed by atoms with Gasteiger partial charge in [0.15, 0.2) is 11.5 Å². The molecular formula is C37H44FN7O6. The summed E-state index contributed by atoms with van der Waals surface area (Å²) < 4.78 is 33.5. The number of hydrogen-bond donors (Lipinski definition) is 1. The van der Waals surface area contributed by atoms with Crippen molar-refractivity contribution in [1.82, 2.24) is 29.9 Å². The molecule has 2 aromatic heterocycles. The van der Waals surface area contributed by atoms with Crippen LogP contribution in [0.15, 0.2) is 48.8 Å². The molecule has 4 aromatic rings. The smallest absolute Gasteiger partial charge is 0.257 e. The van der Waals surface area contributed by atoms with Gasteiger partial charge in [0.25, 0.3) is 5.91 Å². The quantitative estimate of drug-likeness (QED) is 0.321. The number of carbonyl (C=O) groups excluding carboxylic acids is 3. The number of benzene rings is 2. The molecule has 14 heteroatoms. The molecule has 1 fully saturated rings. The minimum Gasteiger partial charge on any atom is -0.493 e. The second-order valence-electron chi connectivity index (χ2n) is 13.0. The lowest BCUT2D eigenvalue weighted by atomic mass is 9.97. The molecule has 2 bridgehead atoms. The Balaban J connectivity index is 1.46. The van der Waals surface area contributed by atoms with E-state index in [1.54, 1.807) is 61.5 Å². The Labute approximate surface area is 296 Å². The van der Waals surface area contributed by atoms with Crippen molar-refractivity contribution in [3.05, 3.63) is 71.3 Å². The molecule has 3 amide bonds. The molecule has 6 rings (SSSR count). The van der Waals surface area contributed by atoms with Gasteiger partial charge in [-0.1, -0.05) is 18.2 Å². The highest BCUT2D eigenvalue weighted by molar-refractivity contribution is 5.94.